The highest BCUT2D eigenvalue weighted by Crippen LogP contribution is 2.23. The van der Waals surface area contributed by atoms with Crippen molar-refractivity contribution >= 4 is 15.8 Å². The molecule has 106 valence electrons. The van der Waals surface area contributed by atoms with Crippen LogP contribution in [0, 0.1) is 11.3 Å². The highest BCUT2D eigenvalue weighted by atomic mass is 32.2. The lowest BCUT2D eigenvalue weighted by atomic mass is 10.2. The number of esters is 1. The van der Waals surface area contributed by atoms with Crippen LogP contribution < -0.4 is 0 Å². The fraction of sp³-hybridized carbons (Fsp3) is 0.231. The zero-order chi connectivity index (χ0) is 15.2. The Morgan fingerprint density at radius 3 is 2.60 bits per heavy atom. The lowest BCUT2D eigenvalue weighted by Crippen LogP contribution is -2.12. The molecule has 1 aromatic rings. The predicted molar refractivity (Wildman–Crippen MR) is 70.3 cm³/mol. The molecule has 1 aromatic carbocycles. The van der Waals surface area contributed by atoms with Crippen LogP contribution in [0.1, 0.15) is 17.3 Å². The molecule has 0 unspecified atom stereocenters. The molecule has 0 saturated carbocycles. The molecule has 0 bridgehead atoms. The molecule has 0 aliphatic carbocycles. The number of sulfone groups is 1. The zero-order valence-corrected chi connectivity index (χ0v) is 11.8. The van der Waals surface area contributed by atoms with E-state index >= 15 is 0 Å². The largest absolute Gasteiger partial charge is 0.499 e. The third kappa shape index (κ3) is 3.16. The van der Waals surface area contributed by atoms with Crippen LogP contribution in [0.2, 0.25) is 0 Å². The summed E-state index contributed by atoms with van der Waals surface area (Å²) in [7, 11) is -2.99. The molecule has 0 aliphatic rings. The SMILES string of the molecule is CCO/C=C(\C#N)S(=O)(=O)c1ccccc1C(=O)OC. The van der Waals surface area contributed by atoms with E-state index in [1.807, 2.05) is 0 Å². The van der Waals surface area contributed by atoms with E-state index in [4.69, 9.17) is 10.00 Å². The van der Waals surface area contributed by atoms with E-state index in [9.17, 15) is 13.2 Å². The minimum absolute atomic E-state index is 0.132. The number of nitrogens with zero attached hydrogens (tertiary/aromatic N) is 1. The van der Waals surface area contributed by atoms with Gasteiger partial charge >= 0.3 is 5.97 Å². The third-order valence-electron chi connectivity index (χ3n) is 2.34. The van der Waals surface area contributed by atoms with Gasteiger partial charge in [-0.05, 0) is 19.1 Å². The second-order valence-electron chi connectivity index (χ2n) is 3.54. The summed E-state index contributed by atoms with van der Waals surface area (Å²) in [6.07, 6.45) is 0.864. The van der Waals surface area contributed by atoms with Gasteiger partial charge in [0.05, 0.1) is 24.2 Å². The van der Waals surface area contributed by atoms with Gasteiger partial charge in [-0.15, -0.1) is 0 Å². The average molecular weight is 295 g/mol. The smallest absolute Gasteiger partial charge is 0.339 e. The van der Waals surface area contributed by atoms with Crippen molar-refractivity contribution in [2.24, 2.45) is 0 Å². The van der Waals surface area contributed by atoms with E-state index in [1.54, 1.807) is 13.0 Å². The Kier molecular flexibility index (Phi) is 5.29. The van der Waals surface area contributed by atoms with Crippen molar-refractivity contribution in [2.75, 3.05) is 13.7 Å². The predicted octanol–water partition coefficient (Wildman–Crippen LogP) is 1.65. The normalized spacial score (nSPS) is 11.6. The van der Waals surface area contributed by atoms with Gasteiger partial charge in [-0.2, -0.15) is 5.26 Å². The number of hydrogen-bond acceptors (Lipinski definition) is 6. The molecule has 0 amide bonds. The Labute approximate surface area is 117 Å². The van der Waals surface area contributed by atoms with E-state index in [0.29, 0.717) is 0 Å². The Balaban J connectivity index is 3.44. The fourth-order valence-corrected chi connectivity index (χ4v) is 2.66. The van der Waals surface area contributed by atoms with Gasteiger partial charge in [0.1, 0.15) is 12.3 Å². The minimum Gasteiger partial charge on any atom is -0.499 e. The quantitative estimate of drug-likeness (QED) is 0.466. The second kappa shape index (κ2) is 6.73. The van der Waals surface area contributed by atoms with Gasteiger partial charge in [0.25, 0.3) is 0 Å². The summed E-state index contributed by atoms with van der Waals surface area (Å²) >= 11 is 0. The van der Waals surface area contributed by atoms with Crippen LogP contribution in [0.3, 0.4) is 0 Å². The van der Waals surface area contributed by atoms with Crippen LogP contribution in [0.4, 0.5) is 0 Å². The van der Waals surface area contributed by atoms with Crippen LogP contribution in [-0.4, -0.2) is 28.1 Å². The molecular formula is C13H13NO5S. The number of rotatable bonds is 5. The molecule has 0 atom stereocenters. The summed E-state index contributed by atoms with van der Waals surface area (Å²) in [5.41, 5.74) is -0.132. The summed E-state index contributed by atoms with van der Waals surface area (Å²) in [5, 5.41) is 8.94. The van der Waals surface area contributed by atoms with Gasteiger partial charge in [-0.25, -0.2) is 13.2 Å². The minimum atomic E-state index is -4.13. The molecule has 0 saturated heterocycles. The number of allylic oxidation sites excluding steroid dienone is 1. The average Bonchev–Trinajstić information content (AvgIpc) is 2.47. The highest BCUT2D eigenvalue weighted by molar-refractivity contribution is 7.95. The van der Waals surface area contributed by atoms with E-state index in [0.717, 1.165) is 13.4 Å². The monoisotopic (exact) mass is 295 g/mol. The molecule has 0 aliphatic heterocycles. The lowest BCUT2D eigenvalue weighted by Gasteiger charge is -2.08. The standard InChI is InChI=1S/C13H13NO5S/c1-3-19-9-10(8-14)20(16,17)12-7-5-4-6-11(12)13(15)18-2/h4-7,9H,3H2,1-2H3/b10-9+. The maximum atomic E-state index is 12.3. The molecule has 6 nitrogen and oxygen atoms in total. The Bertz CT molecular complexity index is 670. The molecule has 0 radical (unpaired) electrons. The fourth-order valence-electron chi connectivity index (χ4n) is 1.41. The van der Waals surface area contributed by atoms with Crippen molar-refractivity contribution in [1.29, 1.82) is 5.26 Å². The van der Waals surface area contributed by atoms with Crippen molar-refractivity contribution in [2.45, 2.75) is 11.8 Å². The van der Waals surface area contributed by atoms with Gasteiger partial charge in [0.2, 0.25) is 9.84 Å². The highest BCUT2D eigenvalue weighted by Gasteiger charge is 2.27. The number of carbonyl (C=O) groups is 1. The summed E-state index contributed by atoms with van der Waals surface area (Å²) in [4.78, 5) is 10.7. The first-order chi connectivity index (χ1) is 9.48. The number of nitriles is 1. The number of carbonyl (C=O) groups excluding carboxylic acids is 1. The van der Waals surface area contributed by atoms with Crippen LogP contribution in [0.15, 0.2) is 40.3 Å². The van der Waals surface area contributed by atoms with Gasteiger partial charge in [-0.1, -0.05) is 12.1 Å². The Morgan fingerprint density at radius 2 is 2.05 bits per heavy atom. The van der Waals surface area contributed by atoms with Gasteiger partial charge in [0, 0.05) is 0 Å². The van der Waals surface area contributed by atoms with E-state index in [2.05, 4.69) is 4.74 Å². The summed E-state index contributed by atoms with van der Waals surface area (Å²) in [6.45, 7) is 1.87. The van der Waals surface area contributed by atoms with Gasteiger partial charge < -0.3 is 9.47 Å². The van der Waals surface area contributed by atoms with Crippen LogP contribution >= 0.6 is 0 Å². The maximum Gasteiger partial charge on any atom is 0.339 e. The van der Waals surface area contributed by atoms with Gasteiger partial charge in [-0.3, -0.25) is 0 Å². The molecule has 1 rings (SSSR count). The van der Waals surface area contributed by atoms with E-state index in [-0.39, 0.29) is 17.1 Å². The van der Waals surface area contributed by atoms with Crippen LogP contribution in [0.5, 0.6) is 0 Å². The van der Waals surface area contributed by atoms with E-state index in [1.165, 1.54) is 24.3 Å². The topological polar surface area (TPSA) is 93.5 Å². The third-order valence-corrected chi connectivity index (χ3v) is 4.04. The van der Waals surface area contributed by atoms with Crippen LogP contribution in [-0.2, 0) is 19.3 Å². The molecule has 0 spiro atoms. The number of ether oxygens (including phenoxy) is 2. The Hall–Kier alpha value is -2.33. The van der Waals surface area contributed by atoms with Crippen molar-refractivity contribution in [1.82, 2.24) is 0 Å². The first-order valence-electron chi connectivity index (χ1n) is 5.63. The number of hydrogen-bond donors (Lipinski definition) is 0. The molecule has 0 fully saturated rings. The molecular weight excluding hydrogens is 282 g/mol. The number of benzene rings is 1. The van der Waals surface area contributed by atoms with Crippen molar-refractivity contribution in [3.63, 3.8) is 0 Å². The lowest BCUT2D eigenvalue weighted by molar-refractivity contribution is 0.0596. The first kappa shape index (κ1) is 15.7. The number of methoxy groups -OCH3 is 1. The van der Waals surface area contributed by atoms with Crippen molar-refractivity contribution < 1.29 is 22.7 Å². The molecule has 0 N–H and O–H groups in total. The maximum absolute atomic E-state index is 12.3. The summed E-state index contributed by atoms with van der Waals surface area (Å²) in [5.74, 6) is -0.794. The molecule has 20 heavy (non-hydrogen) atoms. The summed E-state index contributed by atoms with van der Waals surface area (Å²) < 4.78 is 34.0. The second-order valence-corrected chi connectivity index (χ2v) is 5.43. The zero-order valence-electron chi connectivity index (χ0n) is 11.0. The van der Waals surface area contributed by atoms with Gasteiger partial charge in [0.15, 0.2) is 4.91 Å². The van der Waals surface area contributed by atoms with Crippen molar-refractivity contribution in [3.05, 3.63) is 41.0 Å². The molecule has 0 heterocycles. The van der Waals surface area contributed by atoms with E-state index < -0.39 is 20.7 Å². The Morgan fingerprint density at radius 1 is 1.40 bits per heavy atom. The first-order valence-corrected chi connectivity index (χ1v) is 7.11. The van der Waals surface area contributed by atoms with Crippen molar-refractivity contribution in [3.8, 4) is 6.07 Å². The molecule has 0 aromatic heterocycles. The molecule has 7 heteroatoms. The van der Waals surface area contributed by atoms with Crippen LogP contribution in [0.25, 0.3) is 0 Å². The summed E-state index contributed by atoms with van der Waals surface area (Å²) in [6, 6.07) is 7.06.